The molecular weight excluding hydrogens is 234 g/mol. The molecule has 0 bridgehead atoms. The molecule has 3 heteroatoms. The molecule has 3 atom stereocenters. The molecule has 0 radical (unpaired) electrons. The van der Waals surface area contributed by atoms with Gasteiger partial charge in [-0.05, 0) is 56.8 Å². The Labute approximate surface area is 116 Å². The molecule has 19 heavy (non-hydrogen) atoms. The summed E-state index contributed by atoms with van der Waals surface area (Å²) in [4.78, 5) is 2.53. The molecule has 1 heterocycles. The fourth-order valence-corrected chi connectivity index (χ4v) is 3.00. The Morgan fingerprint density at radius 1 is 1.47 bits per heavy atom. The molecule has 3 unspecified atom stereocenters. The minimum absolute atomic E-state index is 0.345. The number of piperidine rings is 1. The standard InChI is InChI=1S/C16H23N3/c1-12-6-7-15(10-18)11-19(12)13(2)16-5-3-4-14(8-16)9-17/h3-5,8,12-13,15H,6-7,10-11,18H2,1-2H3. The molecule has 1 fully saturated rings. The maximum absolute atomic E-state index is 9.01. The van der Waals surface area contributed by atoms with Crippen molar-refractivity contribution in [2.24, 2.45) is 11.7 Å². The Kier molecular flexibility index (Phi) is 4.57. The van der Waals surface area contributed by atoms with E-state index in [0.29, 0.717) is 18.0 Å². The summed E-state index contributed by atoms with van der Waals surface area (Å²) < 4.78 is 0. The molecule has 1 aromatic carbocycles. The lowest BCUT2D eigenvalue weighted by molar-refractivity contribution is 0.0812. The Balaban J connectivity index is 2.17. The third kappa shape index (κ3) is 3.15. The van der Waals surface area contributed by atoms with E-state index in [-0.39, 0.29) is 0 Å². The minimum Gasteiger partial charge on any atom is -0.330 e. The highest BCUT2D eigenvalue weighted by molar-refractivity contribution is 5.34. The van der Waals surface area contributed by atoms with Crippen LogP contribution in [-0.4, -0.2) is 24.0 Å². The van der Waals surface area contributed by atoms with Gasteiger partial charge < -0.3 is 5.73 Å². The zero-order valence-electron chi connectivity index (χ0n) is 11.8. The molecule has 102 valence electrons. The Morgan fingerprint density at radius 2 is 2.26 bits per heavy atom. The number of rotatable bonds is 3. The van der Waals surface area contributed by atoms with Crippen molar-refractivity contribution in [1.82, 2.24) is 4.90 Å². The number of nitriles is 1. The van der Waals surface area contributed by atoms with Crippen LogP contribution in [0.1, 0.15) is 43.9 Å². The van der Waals surface area contributed by atoms with E-state index in [1.165, 1.54) is 18.4 Å². The molecule has 2 rings (SSSR count). The van der Waals surface area contributed by atoms with E-state index >= 15 is 0 Å². The first-order valence-electron chi connectivity index (χ1n) is 7.11. The van der Waals surface area contributed by atoms with Crippen LogP contribution in [0, 0.1) is 17.2 Å². The summed E-state index contributed by atoms with van der Waals surface area (Å²) in [5.41, 5.74) is 7.79. The smallest absolute Gasteiger partial charge is 0.0991 e. The molecule has 1 saturated heterocycles. The summed E-state index contributed by atoms with van der Waals surface area (Å²) in [6, 6.07) is 11.1. The van der Waals surface area contributed by atoms with Gasteiger partial charge in [-0.25, -0.2) is 0 Å². The maximum atomic E-state index is 9.01. The zero-order chi connectivity index (χ0) is 13.8. The molecule has 1 aromatic rings. The third-order valence-corrected chi connectivity index (χ3v) is 4.36. The molecule has 0 amide bonds. The Morgan fingerprint density at radius 3 is 2.95 bits per heavy atom. The highest BCUT2D eigenvalue weighted by Gasteiger charge is 2.28. The lowest BCUT2D eigenvalue weighted by Crippen LogP contribution is -2.44. The summed E-state index contributed by atoms with van der Waals surface area (Å²) in [5.74, 6) is 0.609. The van der Waals surface area contributed by atoms with Crippen molar-refractivity contribution in [2.45, 2.75) is 38.8 Å². The van der Waals surface area contributed by atoms with Gasteiger partial charge in [0.25, 0.3) is 0 Å². The van der Waals surface area contributed by atoms with E-state index < -0.39 is 0 Å². The SMILES string of the molecule is CC1CCC(CN)CN1C(C)c1cccc(C#N)c1. The molecule has 2 N–H and O–H groups in total. The fraction of sp³-hybridized carbons (Fsp3) is 0.562. The van der Waals surface area contributed by atoms with Crippen molar-refractivity contribution >= 4 is 0 Å². The van der Waals surface area contributed by atoms with Crippen molar-refractivity contribution in [2.75, 3.05) is 13.1 Å². The average Bonchev–Trinajstić information content (AvgIpc) is 2.47. The first kappa shape index (κ1) is 14.0. The topological polar surface area (TPSA) is 53.0 Å². The van der Waals surface area contributed by atoms with Gasteiger partial charge in [0.2, 0.25) is 0 Å². The summed E-state index contributed by atoms with van der Waals surface area (Å²) >= 11 is 0. The van der Waals surface area contributed by atoms with Gasteiger partial charge in [-0.3, -0.25) is 4.90 Å². The first-order valence-corrected chi connectivity index (χ1v) is 7.11. The predicted molar refractivity (Wildman–Crippen MR) is 77.5 cm³/mol. The monoisotopic (exact) mass is 257 g/mol. The van der Waals surface area contributed by atoms with Crippen LogP contribution in [0.5, 0.6) is 0 Å². The number of benzene rings is 1. The van der Waals surface area contributed by atoms with E-state index in [9.17, 15) is 0 Å². The van der Waals surface area contributed by atoms with E-state index in [4.69, 9.17) is 11.0 Å². The number of hydrogen-bond acceptors (Lipinski definition) is 3. The van der Waals surface area contributed by atoms with Crippen LogP contribution in [0.25, 0.3) is 0 Å². The van der Waals surface area contributed by atoms with Crippen LogP contribution >= 0.6 is 0 Å². The van der Waals surface area contributed by atoms with Gasteiger partial charge in [-0.15, -0.1) is 0 Å². The second-order valence-electron chi connectivity index (χ2n) is 5.64. The van der Waals surface area contributed by atoms with Crippen LogP contribution < -0.4 is 5.73 Å². The van der Waals surface area contributed by atoms with Gasteiger partial charge in [0, 0.05) is 18.6 Å². The van der Waals surface area contributed by atoms with Gasteiger partial charge in [0.05, 0.1) is 11.6 Å². The largest absolute Gasteiger partial charge is 0.330 e. The molecule has 1 aliphatic rings. The van der Waals surface area contributed by atoms with E-state index in [1.807, 2.05) is 18.2 Å². The fourth-order valence-electron chi connectivity index (χ4n) is 3.00. The highest BCUT2D eigenvalue weighted by atomic mass is 15.2. The molecule has 0 spiro atoms. The van der Waals surface area contributed by atoms with E-state index in [2.05, 4.69) is 30.9 Å². The van der Waals surface area contributed by atoms with Crippen molar-refractivity contribution in [3.8, 4) is 6.07 Å². The Bertz CT molecular complexity index is 463. The van der Waals surface area contributed by atoms with E-state index in [1.54, 1.807) is 0 Å². The second kappa shape index (κ2) is 6.18. The summed E-state index contributed by atoms with van der Waals surface area (Å²) in [6.07, 6.45) is 2.45. The highest BCUT2D eigenvalue weighted by Crippen LogP contribution is 2.30. The summed E-state index contributed by atoms with van der Waals surface area (Å²) in [5, 5.41) is 9.01. The molecule has 3 nitrogen and oxygen atoms in total. The first-order chi connectivity index (χ1) is 9.15. The lowest BCUT2D eigenvalue weighted by atomic mass is 9.91. The molecule has 0 saturated carbocycles. The van der Waals surface area contributed by atoms with Crippen molar-refractivity contribution in [3.05, 3.63) is 35.4 Å². The number of nitrogens with two attached hydrogens (primary N) is 1. The molecule has 0 aliphatic carbocycles. The minimum atomic E-state index is 0.345. The van der Waals surface area contributed by atoms with Gasteiger partial charge in [-0.2, -0.15) is 5.26 Å². The van der Waals surface area contributed by atoms with E-state index in [0.717, 1.165) is 18.7 Å². The summed E-state index contributed by atoms with van der Waals surface area (Å²) in [7, 11) is 0. The zero-order valence-corrected chi connectivity index (χ0v) is 11.8. The number of likely N-dealkylation sites (tertiary alicyclic amines) is 1. The summed E-state index contributed by atoms with van der Waals surface area (Å²) in [6.45, 7) is 6.35. The van der Waals surface area contributed by atoms with Crippen LogP contribution in [0.2, 0.25) is 0 Å². The molecular formula is C16H23N3. The normalized spacial score (nSPS) is 25.8. The lowest BCUT2D eigenvalue weighted by Gasteiger charge is -2.41. The van der Waals surface area contributed by atoms with Crippen LogP contribution in [0.4, 0.5) is 0 Å². The van der Waals surface area contributed by atoms with Crippen molar-refractivity contribution < 1.29 is 0 Å². The number of nitrogens with zero attached hydrogens (tertiary/aromatic N) is 2. The van der Waals surface area contributed by atoms with Crippen LogP contribution in [0.3, 0.4) is 0 Å². The van der Waals surface area contributed by atoms with Crippen LogP contribution in [0.15, 0.2) is 24.3 Å². The van der Waals surface area contributed by atoms with Gasteiger partial charge in [0.15, 0.2) is 0 Å². The van der Waals surface area contributed by atoms with Gasteiger partial charge in [0.1, 0.15) is 0 Å². The molecule has 0 aromatic heterocycles. The number of hydrogen-bond donors (Lipinski definition) is 1. The third-order valence-electron chi connectivity index (χ3n) is 4.36. The quantitative estimate of drug-likeness (QED) is 0.905. The molecule has 1 aliphatic heterocycles. The van der Waals surface area contributed by atoms with Crippen molar-refractivity contribution in [1.29, 1.82) is 5.26 Å². The van der Waals surface area contributed by atoms with Crippen LogP contribution in [-0.2, 0) is 0 Å². The predicted octanol–water partition coefficient (Wildman–Crippen LogP) is 2.68. The second-order valence-corrected chi connectivity index (χ2v) is 5.64. The maximum Gasteiger partial charge on any atom is 0.0991 e. The van der Waals surface area contributed by atoms with Crippen molar-refractivity contribution in [3.63, 3.8) is 0 Å². The average molecular weight is 257 g/mol. The Hall–Kier alpha value is -1.37. The van der Waals surface area contributed by atoms with Gasteiger partial charge >= 0.3 is 0 Å². The van der Waals surface area contributed by atoms with Gasteiger partial charge in [-0.1, -0.05) is 12.1 Å².